The van der Waals surface area contributed by atoms with Gasteiger partial charge in [0.15, 0.2) is 0 Å². The number of rotatable bonds is 4. The van der Waals surface area contributed by atoms with Crippen molar-refractivity contribution in [3.8, 4) is 0 Å². The van der Waals surface area contributed by atoms with Gasteiger partial charge in [-0.15, -0.1) is 0 Å². The number of nitrogens with one attached hydrogen (secondary N) is 2. The summed E-state index contributed by atoms with van der Waals surface area (Å²) in [4.78, 5) is 16.4. The van der Waals surface area contributed by atoms with Crippen LogP contribution < -0.4 is 10.6 Å². The molecule has 22 heavy (non-hydrogen) atoms. The first-order valence-corrected chi connectivity index (χ1v) is 7.88. The molecule has 114 valence electrons. The first-order chi connectivity index (χ1) is 10.7. The fourth-order valence-electron chi connectivity index (χ4n) is 2.67. The molecule has 1 aromatic carbocycles. The van der Waals surface area contributed by atoms with Gasteiger partial charge in [0.05, 0.1) is 22.6 Å². The molecule has 0 saturated heterocycles. The summed E-state index contributed by atoms with van der Waals surface area (Å²) >= 11 is 6.03. The van der Waals surface area contributed by atoms with Gasteiger partial charge in [0.2, 0.25) is 0 Å². The van der Waals surface area contributed by atoms with Gasteiger partial charge in [-0.25, -0.2) is 4.98 Å². The van der Waals surface area contributed by atoms with Crippen molar-refractivity contribution in [2.45, 2.75) is 31.7 Å². The Bertz CT molecular complexity index is 651. The quantitative estimate of drug-likeness (QED) is 0.882. The highest BCUT2D eigenvalue weighted by Crippen LogP contribution is 2.23. The second-order valence-corrected chi connectivity index (χ2v) is 5.90. The number of hydrogen-bond donors (Lipinski definition) is 2. The topological polar surface area (TPSA) is 54.0 Å². The summed E-state index contributed by atoms with van der Waals surface area (Å²) in [5, 5.41) is 6.73. The maximum Gasteiger partial charge on any atom is 0.274 e. The van der Waals surface area contributed by atoms with Crippen LogP contribution in [0.3, 0.4) is 0 Å². The number of carbonyl (C=O) groups excluding carboxylic acids is 1. The maximum absolute atomic E-state index is 12.2. The molecule has 0 aliphatic heterocycles. The lowest BCUT2D eigenvalue weighted by Crippen LogP contribution is -2.16. The van der Waals surface area contributed by atoms with Crippen LogP contribution in [0, 0.1) is 0 Å². The Morgan fingerprint density at radius 3 is 2.59 bits per heavy atom. The molecule has 1 saturated carbocycles. The molecule has 4 nitrogen and oxygen atoms in total. The van der Waals surface area contributed by atoms with Gasteiger partial charge in [0.25, 0.3) is 5.91 Å². The summed E-state index contributed by atoms with van der Waals surface area (Å²) in [6, 6.07) is 11.3. The van der Waals surface area contributed by atoms with E-state index < -0.39 is 0 Å². The normalized spacial score (nSPS) is 14.8. The first-order valence-electron chi connectivity index (χ1n) is 7.51. The summed E-state index contributed by atoms with van der Waals surface area (Å²) in [5.74, 6) is -0.263. The Hall–Kier alpha value is -2.07. The molecular weight excluding hydrogens is 298 g/mol. The Labute approximate surface area is 134 Å². The number of anilines is 2. The highest BCUT2D eigenvalue weighted by atomic mass is 35.5. The SMILES string of the molecule is O=C(Nc1ccccc1Cl)c1ccc(NC2CCCC2)cn1. The number of amides is 1. The van der Waals surface area contributed by atoms with Gasteiger partial charge >= 0.3 is 0 Å². The molecule has 1 aliphatic rings. The minimum Gasteiger partial charge on any atom is -0.381 e. The van der Waals surface area contributed by atoms with E-state index in [0.29, 0.717) is 22.4 Å². The van der Waals surface area contributed by atoms with E-state index in [2.05, 4.69) is 15.6 Å². The van der Waals surface area contributed by atoms with Gasteiger partial charge in [-0.3, -0.25) is 4.79 Å². The molecule has 1 aromatic heterocycles. The Morgan fingerprint density at radius 2 is 1.91 bits per heavy atom. The summed E-state index contributed by atoms with van der Waals surface area (Å²) < 4.78 is 0. The van der Waals surface area contributed by atoms with E-state index in [1.165, 1.54) is 25.7 Å². The van der Waals surface area contributed by atoms with Crippen molar-refractivity contribution in [1.82, 2.24) is 4.98 Å². The van der Waals surface area contributed by atoms with E-state index in [-0.39, 0.29) is 5.91 Å². The number of nitrogens with zero attached hydrogens (tertiary/aromatic N) is 1. The molecule has 0 spiro atoms. The van der Waals surface area contributed by atoms with Crippen molar-refractivity contribution < 1.29 is 4.79 Å². The third-order valence-electron chi connectivity index (χ3n) is 3.84. The molecular formula is C17H18ClN3O. The molecule has 1 fully saturated rings. The van der Waals surface area contributed by atoms with Crippen LogP contribution in [0.5, 0.6) is 0 Å². The Kier molecular flexibility index (Phi) is 4.59. The zero-order valence-electron chi connectivity index (χ0n) is 12.2. The van der Waals surface area contributed by atoms with Gasteiger partial charge < -0.3 is 10.6 Å². The molecule has 0 atom stereocenters. The molecule has 1 amide bonds. The number of halogens is 1. The lowest BCUT2D eigenvalue weighted by molar-refractivity contribution is 0.102. The van der Waals surface area contributed by atoms with Crippen molar-refractivity contribution >= 4 is 28.9 Å². The fourth-order valence-corrected chi connectivity index (χ4v) is 2.85. The zero-order valence-corrected chi connectivity index (χ0v) is 12.9. The monoisotopic (exact) mass is 315 g/mol. The smallest absolute Gasteiger partial charge is 0.274 e. The van der Waals surface area contributed by atoms with Gasteiger partial charge in [0.1, 0.15) is 5.69 Å². The largest absolute Gasteiger partial charge is 0.381 e. The molecule has 0 unspecified atom stereocenters. The number of pyridine rings is 1. The molecule has 0 radical (unpaired) electrons. The summed E-state index contributed by atoms with van der Waals surface area (Å²) in [5.41, 5.74) is 1.92. The van der Waals surface area contributed by atoms with Gasteiger partial charge in [0, 0.05) is 6.04 Å². The second-order valence-electron chi connectivity index (χ2n) is 5.49. The molecule has 1 aliphatic carbocycles. The predicted octanol–water partition coefficient (Wildman–Crippen LogP) is 4.34. The lowest BCUT2D eigenvalue weighted by atomic mass is 10.2. The van der Waals surface area contributed by atoms with Crippen LogP contribution in [0.15, 0.2) is 42.6 Å². The molecule has 5 heteroatoms. The number of hydrogen-bond acceptors (Lipinski definition) is 3. The van der Waals surface area contributed by atoms with Crippen molar-refractivity contribution in [2.75, 3.05) is 10.6 Å². The van der Waals surface area contributed by atoms with Crippen LogP contribution in [0.1, 0.15) is 36.2 Å². The van der Waals surface area contributed by atoms with Crippen molar-refractivity contribution in [3.05, 3.63) is 53.3 Å². The zero-order chi connectivity index (χ0) is 15.4. The molecule has 0 bridgehead atoms. The number of carbonyl (C=O) groups is 1. The van der Waals surface area contributed by atoms with Crippen LogP contribution >= 0.6 is 11.6 Å². The highest BCUT2D eigenvalue weighted by Gasteiger charge is 2.15. The average Bonchev–Trinajstić information content (AvgIpc) is 3.03. The predicted molar refractivity (Wildman–Crippen MR) is 89.5 cm³/mol. The minimum atomic E-state index is -0.263. The maximum atomic E-state index is 12.2. The van der Waals surface area contributed by atoms with E-state index >= 15 is 0 Å². The van der Waals surface area contributed by atoms with Crippen LogP contribution in [-0.2, 0) is 0 Å². The van der Waals surface area contributed by atoms with E-state index in [1.54, 1.807) is 24.4 Å². The lowest BCUT2D eigenvalue weighted by Gasteiger charge is -2.13. The number of para-hydroxylation sites is 1. The molecule has 2 N–H and O–H groups in total. The Balaban J connectivity index is 1.64. The van der Waals surface area contributed by atoms with Crippen molar-refractivity contribution in [2.24, 2.45) is 0 Å². The van der Waals surface area contributed by atoms with Crippen molar-refractivity contribution in [3.63, 3.8) is 0 Å². The summed E-state index contributed by atoms with van der Waals surface area (Å²) in [6.07, 6.45) is 6.68. The standard InChI is InChI=1S/C17H18ClN3O/c18-14-7-3-4-8-15(14)21-17(22)16-10-9-13(11-19-16)20-12-5-1-2-6-12/h3-4,7-12,20H,1-2,5-6H2,(H,21,22). The summed E-state index contributed by atoms with van der Waals surface area (Å²) in [6.45, 7) is 0. The minimum absolute atomic E-state index is 0.263. The average molecular weight is 316 g/mol. The first kappa shape index (κ1) is 14.9. The van der Waals surface area contributed by atoms with E-state index in [0.717, 1.165) is 5.69 Å². The van der Waals surface area contributed by atoms with Gasteiger partial charge in [-0.1, -0.05) is 36.6 Å². The molecule has 2 aromatic rings. The number of aromatic nitrogens is 1. The van der Waals surface area contributed by atoms with Crippen molar-refractivity contribution in [1.29, 1.82) is 0 Å². The van der Waals surface area contributed by atoms with Gasteiger partial charge in [-0.05, 0) is 37.1 Å². The third-order valence-corrected chi connectivity index (χ3v) is 4.17. The van der Waals surface area contributed by atoms with E-state index in [9.17, 15) is 4.79 Å². The number of benzene rings is 1. The van der Waals surface area contributed by atoms with Gasteiger partial charge in [-0.2, -0.15) is 0 Å². The van der Waals surface area contributed by atoms with Crippen LogP contribution in [0.25, 0.3) is 0 Å². The van der Waals surface area contributed by atoms with E-state index in [1.807, 2.05) is 18.2 Å². The van der Waals surface area contributed by atoms with Crippen LogP contribution in [0.2, 0.25) is 5.02 Å². The highest BCUT2D eigenvalue weighted by molar-refractivity contribution is 6.33. The molecule has 1 heterocycles. The van der Waals surface area contributed by atoms with E-state index in [4.69, 9.17) is 11.6 Å². The van der Waals surface area contributed by atoms with Crippen LogP contribution in [-0.4, -0.2) is 16.9 Å². The van der Waals surface area contributed by atoms with Crippen LogP contribution in [0.4, 0.5) is 11.4 Å². The third kappa shape index (κ3) is 3.57. The fraction of sp³-hybridized carbons (Fsp3) is 0.294. The second kappa shape index (κ2) is 6.79. The summed E-state index contributed by atoms with van der Waals surface area (Å²) in [7, 11) is 0. The Morgan fingerprint density at radius 1 is 1.14 bits per heavy atom. The molecule has 3 rings (SSSR count).